The van der Waals surface area contributed by atoms with Crippen molar-refractivity contribution < 1.29 is 13.5 Å². The monoisotopic (exact) mass is 308 g/mol. The first-order valence-electron chi connectivity index (χ1n) is 7.05. The minimum absolute atomic E-state index is 0.00840. The van der Waals surface area contributed by atoms with Gasteiger partial charge in [-0.2, -0.15) is 4.31 Å². The zero-order chi connectivity index (χ0) is 15.5. The zero-order valence-electron chi connectivity index (χ0n) is 12.3. The Labute approximate surface area is 126 Å². The third-order valence-corrected chi connectivity index (χ3v) is 5.81. The Hall–Kier alpha value is -1.42. The number of hydrogen-bond acceptors (Lipinski definition) is 4. The molecule has 0 aliphatic carbocycles. The van der Waals surface area contributed by atoms with Crippen LogP contribution in [0.2, 0.25) is 0 Å². The molecule has 1 saturated heterocycles. The van der Waals surface area contributed by atoms with E-state index in [1.807, 2.05) is 13.8 Å². The van der Waals surface area contributed by atoms with Gasteiger partial charge in [-0.15, -0.1) is 0 Å². The topological polar surface area (TPSA) is 70.5 Å². The van der Waals surface area contributed by atoms with Crippen molar-refractivity contribution in [2.45, 2.75) is 50.1 Å². The van der Waals surface area contributed by atoms with Gasteiger partial charge >= 0.3 is 0 Å². The van der Waals surface area contributed by atoms with Crippen molar-refractivity contribution in [2.75, 3.05) is 6.61 Å². The number of aliphatic hydroxyl groups is 1. The van der Waals surface area contributed by atoms with E-state index in [2.05, 4.69) is 16.8 Å². The zero-order valence-corrected chi connectivity index (χ0v) is 13.1. The maximum Gasteiger partial charge on any atom is 0.245 e. The molecule has 1 aromatic rings. The molecule has 1 fully saturated rings. The molecule has 0 bridgehead atoms. The molecule has 1 aliphatic rings. The lowest BCUT2D eigenvalue weighted by molar-refractivity contribution is 0.204. The van der Waals surface area contributed by atoms with E-state index in [0.717, 1.165) is 19.3 Å². The molecule has 0 spiro atoms. The van der Waals surface area contributed by atoms with Gasteiger partial charge < -0.3 is 5.11 Å². The summed E-state index contributed by atoms with van der Waals surface area (Å²) in [6.45, 7) is 3.61. The Balaban J connectivity index is 2.39. The molecule has 1 aromatic heterocycles. The second-order valence-electron chi connectivity index (χ2n) is 5.33. The minimum atomic E-state index is -3.57. The fraction of sp³-hybridized carbons (Fsp3) is 0.533. The molecule has 0 amide bonds. The van der Waals surface area contributed by atoms with Gasteiger partial charge in [0, 0.05) is 30.0 Å². The van der Waals surface area contributed by atoms with Crippen LogP contribution in [-0.4, -0.2) is 41.5 Å². The Morgan fingerprint density at radius 2 is 2.00 bits per heavy atom. The number of rotatable bonds is 2. The first kappa shape index (κ1) is 16.0. The molecule has 2 unspecified atom stereocenters. The summed E-state index contributed by atoms with van der Waals surface area (Å²) in [4.78, 5) is 4.12. The van der Waals surface area contributed by atoms with Crippen LogP contribution in [0.4, 0.5) is 0 Å². The number of pyridine rings is 1. The number of sulfonamides is 1. The molecule has 0 aromatic carbocycles. The lowest BCUT2D eigenvalue weighted by atomic mass is 10.0. The maximum atomic E-state index is 12.8. The summed E-state index contributed by atoms with van der Waals surface area (Å²) in [6.07, 6.45) is 5.65. The van der Waals surface area contributed by atoms with Crippen LogP contribution in [0.25, 0.3) is 0 Å². The van der Waals surface area contributed by atoms with Crippen molar-refractivity contribution in [1.82, 2.24) is 9.29 Å². The van der Waals surface area contributed by atoms with Crippen molar-refractivity contribution in [3.05, 3.63) is 24.0 Å². The molecular weight excluding hydrogens is 288 g/mol. The average molecular weight is 308 g/mol. The Bertz CT molecular complexity index is 651. The lowest BCUT2D eigenvalue weighted by Gasteiger charge is -2.37. The highest BCUT2D eigenvalue weighted by Crippen LogP contribution is 2.29. The number of nitrogens with zero attached hydrogens (tertiary/aromatic N) is 2. The smallest absolute Gasteiger partial charge is 0.245 e. The minimum Gasteiger partial charge on any atom is -0.384 e. The van der Waals surface area contributed by atoms with Crippen molar-refractivity contribution >= 4 is 10.0 Å². The summed E-state index contributed by atoms with van der Waals surface area (Å²) in [5.74, 6) is 5.18. The highest BCUT2D eigenvalue weighted by molar-refractivity contribution is 7.89. The molecule has 1 N–H and O–H groups in total. The molecule has 0 saturated carbocycles. The van der Waals surface area contributed by atoms with Gasteiger partial charge in [-0.25, -0.2) is 8.42 Å². The van der Waals surface area contributed by atoms with E-state index in [0.29, 0.717) is 5.56 Å². The van der Waals surface area contributed by atoms with Crippen molar-refractivity contribution in [1.29, 1.82) is 0 Å². The summed E-state index contributed by atoms with van der Waals surface area (Å²) in [6, 6.07) is 1.50. The number of aliphatic hydroxyl groups excluding tert-OH is 1. The summed E-state index contributed by atoms with van der Waals surface area (Å²) in [5, 5.41) is 8.71. The predicted octanol–water partition coefficient (Wildman–Crippen LogP) is 1.38. The van der Waals surface area contributed by atoms with Gasteiger partial charge in [-0.3, -0.25) is 4.98 Å². The van der Waals surface area contributed by atoms with Crippen LogP contribution in [0.3, 0.4) is 0 Å². The molecule has 21 heavy (non-hydrogen) atoms. The van der Waals surface area contributed by atoms with E-state index in [9.17, 15) is 8.42 Å². The van der Waals surface area contributed by atoms with Gasteiger partial charge in [0.25, 0.3) is 0 Å². The van der Waals surface area contributed by atoms with Crippen LogP contribution in [0, 0.1) is 11.8 Å². The molecule has 2 rings (SSSR count). The lowest BCUT2D eigenvalue weighted by Crippen LogP contribution is -2.47. The van der Waals surface area contributed by atoms with Crippen LogP contribution in [0.1, 0.15) is 38.7 Å². The second-order valence-corrected chi connectivity index (χ2v) is 7.18. The quantitative estimate of drug-likeness (QED) is 0.838. The van der Waals surface area contributed by atoms with Crippen LogP contribution in [0.5, 0.6) is 0 Å². The van der Waals surface area contributed by atoms with Crippen LogP contribution in [0.15, 0.2) is 23.4 Å². The summed E-state index contributed by atoms with van der Waals surface area (Å²) in [5.41, 5.74) is 0.488. The summed E-state index contributed by atoms with van der Waals surface area (Å²) < 4.78 is 27.2. The van der Waals surface area contributed by atoms with E-state index in [1.54, 1.807) is 4.31 Å². The van der Waals surface area contributed by atoms with Gasteiger partial charge in [0.05, 0.1) is 0 Å². The summed E-state index contributed by atoms with van der Waals surface area (Å²) >= 11 is 0. The van der Waals surface area contributed by atoms with Gasteiger partial charge in [0.2, 0.25) is 10.0 Å². The first-order valence-corrected chi connectivity index (χ1v) is 8.49. The molecule has 2 atom stereocenters. The normalized spacial score (nSPS) is 23.4. The van der Waals surface area contributed by atoms with E-state index in [4.69, 9.17) is 5.11 Å². The molecule has 114 valence electrons. The van der Waals surface area contributed by atoms with Crippen LogP contribution in [-0.2, 0) is 10.0 Å². The van der Waals surface area contributed by atoms with Gasteiger partial charge in [0.15, 0.2) is 0 Å². The van der Waals surface area contributed by atoms with Crippen LogP contribution < -0.4 is 0 Å². The largest absolute Gasteiger partial charge is 0.384 e. The fourth-order valence-corrected chi connectivity index (χ4v) is 4.63. The Kier molecular flexibility index (Phi) is 4.99. The van der Waals surface area contributed by atoms with E-state index >= 15 is 0 Å². The molecule has 5 nitrogen and oxygen atoms in total. The predicted molar refractivity (Wildman–Crippen MR) is 80.0 cm³/mol. The summed E-state index contributed by atoms with van der Waals surface area (Å²) in [7, 11) is -3.57. The molecular formula is C15H20N2O3S. The Morgan fingerprint density at radius 3 is 2.62 bits per heavy atom. The average Bonchev–Trinajstić information content (AvgIpc) is 2.45. The van der Waals surface area contributed by atoms with Gasteiger partial charge in [-0.05, 0) is 32.8 Å². The number of aromatic nitrogens is 1. The SMILES string of the molecule is CC1CCCC(C)N1S(=O)(=O)c1cncc(C#CCO)c1. The maximum absolute atomic E-state index is 12.8. The second kappa shape index (κ2) is 6.56. The van der Waals surface area contributed by atoms with Crippen molar-refractivity contribution in [3.8, 4) is 11.8 Å². The fourth-order valence-electron chi connectivity index (χ4n) is 2.76. The highest BCUT2D eigenvalue weighted by Gasteiger charge is 2.35. The van der Waals surface area contributed by atoms with Crippen molar-refractivity contribution in [2.24, 2.45) is 0 Å². The van der Waals surface area contributed by atoms with E-state index < -0.39 is 10.0 Å². The molecule has 2 heterocycles. The Morgan fingerprint density at radius 1 is 1.33 bits per heavy atom. The molecule has 0 radical (unpaired) electrons. The molecule has 6 heteroatoms. The number of hydrogen-bond donors (Lipinski definition) is 1. The first-order chi connectivity index (χ1) is 9.96. The van der Waals surface area contributed by atoms with Crippen molar-refractivity contribution in [3.63, 3.8) is 0 Å². The number of piperidine rings is 1. The van der Waals surface area contributed by atoms with E-state index in [1.165, 1.54) is 18.5 Å². The van der Waals surface area contributed by atoms with E-state index in [-0.39, 0.29) is 23.6 Å². The molecule has 1 aliphatic heterocycles. The highest BCUT2D eigenvalue weighted by atomic mass is 32.2. The van der Waals surface area contributed by atoms with Gasteiger partial charge in [0.1, 0.15) is 11.5 Å². The standard InChI is InChI=1S/C15H20N2O3S/c1-12-5-3-6-13(2)17(12)21(19,20)15-9-14(7-4-8-18)10-16-11-15/h9-13,18H,3,5-6,8H2,1-2H3. The third kappa shape index (κ3) is 3.43. The van der Waals surface area contributed by atoms with Gasteiger partial charge in [-0.1, -0.05) is 18.3 Å². The van der Waals surface area contributed by atoms with Crippen LogP contribution >= 0.6 is 0 Å². The third-order valence-electron chi connectivity index (χ3n) is 3.71.